The lowest BCUT2D eigenvalue weighted by molar-refractivity contribution is 0.0962. The molecule has 1 amide bonds. The number of nitrogens with one attached hydrogen (secondary N) is 4. The lowest BCUT2D eigenvalue weighted by Gasteiger charge is -2.34. The van der Waals surface area contributed by atoms with E-state index >= 15 is 4.39 Å². The summed E-state index contributed by atoms with van der Waals surface area (Å²) in [6.07, 6.45) is 16.8. The Morgan fingerprint density at radius 1 is 0.951 bits per heavy atom. The first kappa shape index (κ1) is 52.6. The van der Waals surface area contributed by atoms with Crippen LogP contribution in [0.5, 0.6) is 23.4 Å². The van der Waals surface area contributed by atoms with Gasteiger partial charge in [0.15, 0.2) is 17.3 Å². The summed E-state index contributed by atoms with van der Waals surface area (Å²) in [4.78, 5) is 47.4. The molecule has 4 aromatic carbocycles. The van der Waals surface area contributed by atoms with Crippen LogP contribution >= 0.6 is 0 Å². The molecule has 4 saturated heterocycles. The van der Waals surface area contributed by atoms with E-state index in [2.05, 4.69) is 51.6 Å². The predicted molar refractivity (Wildman–Crippen MR) is 305 cm³/mol. The van der Waals surface area contributed by atoms with E-state index in [1.807, 2.05) is 31.3 Å². The van der Waals surface area contributed by atoms with Gasteiger partial charge in [-0.25, -0.2) is 18.2 Å². The smallest absolute Gasteiger partial charge is 0.319 e. The van der Waals surface area contributed by atoms with E-state index in [1.54, 1.807) is 32.4 Å². The first-order chi connectivity index (χ1) is 39.8. The third-order valence-electron chi connectivity index (χ3n) is 16.7. The number of aromatic hydroxyl groups is 1. The van der Waals surface area contributed by atoms with Gasteiger partial charge in [0.1, 0.15) is 64.4 Å². The number of aromatic nitrogens is 7. The maximum atomic E-state index is 16.7. The quantitative estimate of drug-likeness (QED) is 0.0720. The second-order valence-corrected chi connectivity index (χ2v) is 21.9. The number of carbonyl (C=O) groups excluding carboxylic acids is 1. The van der Waals surface area contributed by atoms with Crippen molar-refractivity contribution in [3.63, 3.8) is 0 Å². The third kappa shape index (κ3) is 9.72. The minimum Gasteiger partial charge on any atom is -0.508 e. The Bertz CT molecular complexity index is 4020. The molecule has 2 bridgehead atoms. The molecule has 18 nitrogen and oxygen atoms in total. The Hall–Kier alpha value is -8.74. The lowest BCUT2D eigenvalue weighted by atomic mass is 9.95. The van der Waals surface area contributed by atoms with Crippen molar-refractivity contribution in [1.82, 2.24) is 50.4 Å². The second-order valence-electron chi connectivity index (χ2n) is 21.9. The summed E-state index contributed by atoms with van der Waals surface area (Å²) < 4.78 is 69.9. The van der Waals surface area contributed by atoms with E-state index in [9.17, 15) is 18.7 Å². The highest BCUT2D eigenvalue weighted by Crippen LogP contribution is 2.43. The van der Waals surface area contributed by atoms with Crippen LogP contribution in [-0.4, -0.2) is 128 Å². The number of phenolic OH excluding ortho intramolecular Hbond substituents is 1. The molecule has 4 unspecified atom stereocenters. The van der Waals surface area contributed by atoms with Crippen molar-refractivity contribution < 1.29 is 41.7 Å². The predicted octanol–water partition coefficient (Wildman–Crippen LogP) is 10.2. The number of piperazine rings is 1. The number of phenols is 1. The van der Waals surface area contributed by atoms with Gasteiger partial charge in [0.05, 0.1) is 34.7 Å². The molecule has 420 valence electrons. The molecule has 1 aliphatic carbocycles. The number of rotatable bonds is 12. The summed E-state index contributed by atoms with van der Waals surface area (Å²) in [7, 11) is 3.14. The van der Waals surface area contributed by atoms with E-state index in [0.717, 1.165) is 85.5 Å². The van der Waals surface area contributed by atoms with Gasteiger partial charge in [-0.05, 0) is 117 Å². The Labute approximate surface area is 469 Å². The zero-order chi connectivity index (χ0) is 56.4. The van der Waals surface area contributed by atoms with Crippen LogP contribution in [0.2, 0.25) is 0 Å². The van der Waals surface area contributed by atoms with Crippen LogP contribution in [0.25, 0.3) is 66.2 Å². The van der Waals surface area contributed by atoms with Gasteiger partial charge in [-0.15, -0.1) is 6.42 Å². The highest BCUT2D eigenvalue weighted by Gasteiger charge is 2.49. The fourth-order valence-corrected chi connectivity index (χ4v) is 12.8. The molecule has 5 aliphatic rings. The number of alkyl halides is 1. The number of fused-ring (bicyclic) bond motifs is 7. The number of amides is 1. The van der Waals surface area contributed by atoms with Crippen molar-refractivity contribution in [3.8, 4) is 58.1 Å². The number of oxazole rings is 1. The normalized spacial score (nSPS) is 20.5. The number of aromatic amines is 1. The number of ether oxygens (including phenoxy) is 3. The first-order valence-corrected chi connectivity index (χ1v) is 27.8. The Kier molecular flexibility index (Phi) is 13.7. The fraction of sp³-hybridized carbons (Fsp3) is 0.361. The molecule has 0 radical (unpaired) electrons. The molecule has 0 spiro atoms. The van der Waals surface area contributed by atoms with Crippen LogP contribution in [0.3, 0.4) is 0 Å². The van der Waals surface area contributed by atoms with Gasteiger partial charge in [0.25, 0.3) is 5.91 Å². The number of H-pyrrole nitrogens is 1. The van der Waals surface area contributed by atoms with Crippen LogP contribution in [-0.2, 0) is 0 Å². The average Bonchev–Trinajstić information content (AvgIpc) is 4.43. The summed E-state index contributed by atoms with van der Waals surface area (Å²) in [6.45, 7) is 4.62. The standard InChI is InChI=1S/C33H31F3N6O2.C28H28N6O4/c1-2-23-26(35)7-4-18-10-22(43)11-24(27(18)23)29-28(36)30-25(13-37-29)31(41-15-20-5-6-21(16-41)38-20)40-32(39-30)44-17-33-8-3-9-42(33)14-19(34)12-33;1-15-31-21-10-8-16(12-23(21)37-15)19-14-30-25-24(19)27(38-18-6-4-5-7-18)34-28(33-25)32-20-11-9-17(26(35)29-2)13-22(20)36-3/h1,4,7,10-11,13,19-21,38,43H,3,5-6,8-9,12,14-17H2;8-14,18H,4-7H2,1-3H3,(H,29,35)(H2,30,32,33,34). The number of hydrogen-bond acceptors (Lipinski definition) is 16. The number of terminal acetylenes is 1. The maximum Gasteiger partial charge on any atom is 0.319 e. The monoisotopic (exact) mass is 1110 g/mol. The number of hydrogen-bond donors (Lipinski definition) is 5. The molecule has 4 atom stereocenters. The molecule has 21 heteroatoms. The number of anilines is 3. The van der Waals surface area contributed by atoms with Crippen molar-refractivity contribution in [3.05, 3.63) is 102 Å². The van der Waals surface area contributed by atoms with Crippen molar-refractivity contribution in [2.24, 2.45) is 0 Å². The molecular formula is C61H59F3N12O6. The van der Waals surface area contributed by atoms with Gasteiger partial charge < -0.3 is 49.6 Å². The fourth-order valence-electron chi connectivity index (χ4n) is 12.8. The Morgan fingerprint density at radius 3 is 2.57 bits per heavy atom. The largest absolute Gasteiger partial charge is 0.508 e. The summed E-state index contributed by atoms with van der Waals surface area (Å²) in [5.74, 6) is 3.13. The molecule has 9 aromatic rings. The van der Waals surface area contributed by atoms with E-state index in [-0.39, 0.29) is 58.1 Å². The molecule has 9 heterocycles. The number of pyridine rings is 1. The van der Waals surface area contributed by atoms with Crippen LogP contribution in [0.15, 0.2) is 77.5 Å². The molecule has 14 rings (SSSR count). The van der Waals surface area contributed by atoms with Gasteiger partial charge in [0, 0.05) is 86.6 Å². The SMILES string of the molecule is C#Cc1c(F)ccc2cc(O)cc(-c3ncc4c(N5CC6CCC(C5)N6)nc(OCC56CCCN5CC(F)C6)nc4c3F)c12.CNC(=O)c1ccc(Nc2nc(OC3CCCC3)c3c(-c4ccc5nc(C)oc5c4)c[nH]c3n2)c(OC)c1. The summed E-state index contributed by atoms with van der Waals surface area (Å²) in [5, 5.41) is 21.9. The lowest BCUT2D eigenvalue weighted by Crippen LogP contribution is -2.51. The first-order valence-electron chi connectivity index (χ1n) is 27.8. The minimum absolute atomic E-state index is 0.00778. The third-order valence-corrected chi connectivity index (χ3v) is 16.7. The average molecular weight is 1110 g/mol. The van der Waals surface area contributed by atoms with Crippen molar-refractivity contribution in [2.75, 3.05) is 57.2 Å². The number of methoxy groups -OCH3 is 1. The number of benzene rings is 4. The van der Waals surface area contributed by atoms with Crippen molar-refractivity contribution >= 4 is 67.2 Å². The van der Waals surface area contributed by atoms with Crippen molar-refractivity contribution in [2.45, 2.75) is 94.6 Å². The van der Waals surface area contributed by atoms with Crippen LogP contribution < -0.4 is 35.1 Å². The highest BCUT2D eigenvalue weighted by atomic mass is 19.1. The van der Waals surface area contributed by atoms with Crippen LogP contribution in [0.4, 0.5) is 30.6 Å². The molecular weight excluding hydrogens is 1050 g/mol. The van der Waals surface area contributed by atoms with Gasteiger partial charge in [-0.1, -0.05) is 18.1 Å². The molecule has 4 aliphatic heterocycles. The number of halogens is 3. The van der Waals surface area contributed by atoms with Gasteiger partial charge in [-0.3, -0.25) is 14.7 Å². The molecule has 5 fully saturated rings. The minimum atomic E-state index is -0.913. The summed E-state index contributed by atoms with van der Waals surface area (Å²) in [5.41, 5.74) is 4.69. The molecule has 82 heavy (non-hydrogen) atoms. The Morgan fingerprint density at radius 2 is 1.78 bits per heavy atom. The van der Waals surface area contributed by atoms with Crippen LogP contribution in [0, 0.1) is 30.9 Å². The van der Waals surface area contributed by atoms with Crippen LogP contribution in [0.1, 0.15) is 79.6 Å². The topological polar surface area (TPSA) is 214 Å². The Balaban J connectivity index is 0.000000156. The molecule has 1 saturated carbocycles. The number of nitrogens with zero attached hydrogens (tertiary/aromatic N) is 8. The van der Waals surface area contributed by atoms with Gasteiger partial charge in [-0.2, -0.15) is 19.9 Å². The summed E-state index contributed by atoms with van der Waals surface area (Å²) >= 11 is 0. The van der Waals surface area contributed by atoms with Gasteiger partial charge >= 0.3 is 6.01 Å². The van der Waals surface area contributed by atoms with E-state index in [4.69, 9.17) is 40.0 Å². The second kappa shape index (κ2) is 21.3. The van der Waals surface area contributed by atoms with Gasteiger partial charge in [0.2, 0.25) is 11.8 Å². The molecule has 5 aromatic heterocycles. The van der Waals surface area contributed by atoms with E-state index < -0.39 is 23.3 Å². The van der Waals surface area contributed by atoms with E-state index in [0.29, 0.717) is 95.1 Å². The summed E-state index contributed by atoms with van der Waals surface area (Å²) in [6, 6.07) is 17.2. The zero-order valence-electron chi connectivity index (χ0n) is 45.4. The molecule has 5 N–H and O–H groups in total. The van der Waals surface area contributed by atoms with E-state index in [1.165, 1.54) is 30.5 Å². The number of aryl methyl sites for hydroxylation is 1. The number of carbonyl (C=O) groups is 1. The van der Waals surface area contributed by atoms with Crippen molar-refractivity contribution in [1.29, 1.82) is 0 Å². The maximum absolute atomic E-state index is 16.7. The zero-order valence-corrected chi connectivity index (χ0v) is 45.4. The highest BCUT2D eigenvalue weighted by molar-refractivity contribution is 6.03.